The third kappa shape index (κ3) is 5.39. The molecule has 0 bridgehead atoms. The van der Waals surface area contributed by atoms with E-state index in [0.29, 0.717) is 30.9 Å². The fourth-order valence-corrected chi connectivity index (χ4v) is 3.67. The number of benzene rings is 2. The lowest BCUT2D eigenvalue weighted by Crippen LogP contribution is -2.19. The molecule has 0 fully saturated rings. The van der Waals surface area contributed by atoms with Gasteiger partial charge in [0.15, 0.2) is 0 Å². The van der Waals surface area contributed by atoms with E-state index in [0.717, 1.165) is 22.4 Å². The van der Waals surface area contributed by atoms with Gasteiger partial charge in [0.1, 0.15) is 17.6 Å². The van der Waals surface area contributed by atoms with E-state index in [9.17, 15) is 15.2 Å². The zero-order valence-electron chi connectivity index (χ0n) is 19.6. The zero-order valence-corrected chi connectivity index (χ0v) is 19.6. The maximum atomic E-state index is 10.9. The first kappa shape index (κ1) is 23.6. The Kier molecular flexibility index (Phi) is 6.49. The van der Waals surface area contributed by atoms with Crippen molar-refractivity contribution >= 4 is 11.4 Å². The highest BCUT2D eigenvalue weighted by atomic mass is 16.6. The molecule has 2 aromatic rings. The molecule has 0 amide bonds. The first-order valence-corrected chi connectivity index (χ1v) is 10.8. The molecule has 0 radical (unpaired) electrons. The van der Waals surface area contributed by atoms with Crippen LogP contribution >= 0.6 is 0 Å². The molecule has 1 N–H and O–H groups in total. The number of phenols is 1. The molecule has 172 valence electrons. The summed E-state index contributed by atoms with van der Waals surface area (Å²) in [5.74, 6) is 0.930. The maximum absolute atomic E-state index is 10.9. The number of rotatable bonds is 6. The van der Waals surface area contributed by atoms with Crippen LogP contribution in [0.2, 0.25) is 0 Å². The molecule has 0 aromatic heterocycles. The van der Waals surface area contributed by atoms with Crippen molar-refractivity contribution in [2.45, 2.75) is 71.3 Å². The molecule has 1 aliphatic heterocycles. The number of nitro groups is 1. The van der Waals surface area contributed by atoms with Crippen molar-refractivity contribution in [1.29, 1.82) is 0 Å². The summed E-state index contributed by atoms with van der Waals surface area (Å²) in [6.07, 6.45) is 1.19. The minimum absolute atomic E-state index is 0.0349. The van der Waals surface area contributed by atoms with Gasteiger partial charge >= 0.3 is 0 Å². The van der Waals surface area contributed by atoms with Crippen LogP contribution in [0.5, 0.6) is 11.5 Å². The first-order valence-electron chi connectivity index (χ1n) is 10.8. The second-order valence-electron chi connectivity index (χ2n) is 10.3. The lowest BCUT2D eigenvalue weighted by Gasteiger charge is -2.28. The number of oxime groups is 1. The minimum Gasteiger partial charge on any atom is -0.507 e. The van der Waals surface area contributed by atoms with Crippen LogP contribution in [0.4, 0.5) is 5.69 Å². The molecule has 2 aromatic carbocycles. The van der Waals surface area contributed by atoms with E-state index in [2.05, 4.69) is 46.7 Å². The Morgan fingerprint density at radius 3 is 2.16 bits per heavy atom. The lowest BCUT2D eigenvalue weighted by molar-refractivity contribution is -0.384. The Balaban J connectivity index is 1.67. The standard InChI is InChI=1S/C25H32N2O5/c1-24(2,3)20-13-16(14-21(23(20)28)25(4,5)6)22-15-19(32-26-22)11-12-31-18-9-7-17(8-10-18)27(29)30/h7-10,13-14,19,28H,11-12,15H2,1-6H3. The molecule has 32 heavy (non-hydrogen) atoms. The third-order valence-electron chi connectivity index (χ3n) is 5.55. The molecule has 0 saturated carbocycles. The van der Waals surface area contributed by atoms with Crippen LogP contribution in [0.15, 0.2) is 41.6 Å². The summed E-state index contributed by atoms with van der Waals surface area (Å²) < 4.78 is 5.70. The van der Waals surface area contributed by atoms with Gasteiger partial charge < -0.3 is 14.7 Å². The van der Waals surface area contributed by atoms with Crippen molar-refractivity contribution in [3.8, 4) is 11.5 Å². The highest BCUT2D eigenvalue weighted by Crippen LogP contribution is 2.40. The van der Waals surface area contributed by atoms with Gasteiger partial charge in [-0.3, -0.25) is 10.1 Å². The van der Waals surface area contributed by atoms with E-state index in [1.165, 1.54) is 12.1 Å². The maximum Gasteiger partial charge on any atom is 0.269 e. The van der Waals surface area contributed by atoms with Crippen LogP contribution in [-0.4, -0.2) is 28.5 Å². The number of nitro benzene ring substituents is 1. The number of nitrogens with zero attached hydrogens (tertiary/aromatic N) is 2. The average Bonchev–Trinajstić information content (AvgIpc) is 3.15. The van der Waals surface area contributed by atoms with Crippen LogP contribution in [0.25, 0.3) is 0 Å². The average molecular weight is 441 g/mol. The van der Waals surface area contributed by atoms with Crippen LogP contribution < -0.4 is 4.74 Å². The van der Waals surface area contributed by atoms with Gasteiger partial charge in [-0.1, -0.05) is 46.7 Å². The number of aromatic hydroxyl groups is 1. The van der Waals surface area contributed by atoms with Gasteiger partial charge in [-0.25, -0.2) is 0 Å². The van der Waals surface area contributed by atoms with E-state index in [4.69, 9.17) is 9.57 Å². The molecule has 0 aliphatic carbocycles. The van der Waals surface area contributed by atoms with Crippen molar-refractivity contribution in [2.24, 2.45) is 5.16 Å². The predicted octanol–water partition coefficient (Wildman–Crippen LogP) is 5.86. The fraction of sp³-hybridized carbons (Fsp3) is 0.480. The molecule has 0 spiro atoms. The summed E-state index contributed by atoms with van der Waals surface area (Å²) >= 11 is 0. The van der Waals surface area contributed by atoms with Gasteiger partial charge in [-0.2, -0.15) is 0 Å². The number of ether oxygens (including phenoxy) is 1. The number of hydrogen-bond acceptors (Lipinski definition) is 6. The normalized spacial score (nSPS) is 16.4. The van der Waals surface area contributed by atoms with Crippen LogP contribution in [0, 0.1) is 10.1 Å². The first-order chi connectivity index (χ1) is 14.9. The van der Waals surface area contributed by atoms with Crippen molar-refractivity contribution in [3.63, 3.8) is 0 Å². The summed E-state index contributed by atoms with van der Waals surface area (Å²) in [4.78, 5) is 15.9. The zero-order chi connectivity index (χ0) is 23.7. The van der Waals surface area contributed by atoms with Crippen LogP contribution in [0.3, 0.4) is 0 Å². The topological polar surface area (TPSA) is 94.2 Å². The van der Waals surface area contributed by atoms with E-state index < -0.39 is 4.92 Å². The summed E-state index contributed by atoms with van der Waals surface area (Å²) in [5, 5.41) is 26.0. The van der Waals surface area contributed by atoms with Gasteiger partial charge in [0.2, 0.25) is 0 Å². The van der Waals surface area contributed by atoms with Gasteiger partial charge in [-0.05, 0) is 35.1 Å². The largest absolute Gasteiger partial charge is 0.507 e. The monoisotopic (exact) mass is 440 g/mol. The van der Waals surface area contributed by atoms with Crippen LogP contribution in [0.1, 0.15) is 71.1 Å². The molecular weight excluding hydrogens is 408 g/mol. The van der Waals surface area contributed by atoms with Crippen molar-refractivity contribution in [3.05, 3.63) is 63.2 Å². The van der Waals surface area contributed by atoms with Crippen LogP contribution in [-0.2, 0) is 15.7 Å². The SMILES string of the molecule is CC(C)(C)c1cc(C2=NOC(CCOc3ccc([N+](=O)[O-])cc3)C2)cc(C(C)(C)C)c1O. The van der Waals surface area contributed by atoms with E-state index in [-0.39, 0.29) is 22.6 Å². The third-order valence-corrected chi connectivity index (χ3v) is 5.55. The molecule has 3 rings (SSSR count). The van der Waals surface area contributed by atoms with Gasteiger partial charge in [-0.15, -0.1) is 0 Å². The molecule has 7 heteroatoms. The number of phenolic OH excluding ortho intramolecular Hbond substituents is 1. The van der Waals surface area contributed by atoms with E-state index >= 15 is 0 Å². The smallest absolute Gasteiger partial charge is 0.269 e. The summed E-state index contributed by atoms with van der Waals surface area (Å²) in [6.45, 7) is 12.9. The minimum atomic E-state index is -0.436. The molecule has 1 aliphatic rings. The van der Waals surface area contributed by atoms with Crippen molar-refractivity contribution in [1.82, 2.24) is 0 Å². The highest BCUT2D eigenvalue weighted by Gasteiger charge is 2.29. The molecule has 1 unspecified atom stereocenters. The quantitative estimate of drug-likeness (QED) is 0.449. The summed E-state index contributed by atoms with van der Waals surface area (Å²) in [6, 6.07) is 10.1. The molecule has 0 saturated heterocycles. The summed E-state index contributed by atoms with van der Waals surface area (Å²) in [5.41, 5.74) is 3.24. The second kappa shape index (κ2) is 8.81. The number of hydrogen-bond donors (Lipinski definition) is 1. The van der Waals surface area contributed by atoms with E-state index in [1.54, 1.807) is 12.1 Å². The number of non-ortho nitro benzene ring substituents is 1. The van der Waals surface area contributed by atoms with Gasteiger partial charge in [0, 0.05) is 41.7 Å². The molecular formula is C25H32N2O5. The Hall–Kier alpha value is -3.09. The Bertz CT molecular complexity index is 979. The van der Waals surface area contributed by atoms with Crippen molar-refractivity contribution in [2.75, 3.05) is 6.61 Å². The molecule has 1 atom stereocenters. The highest BCUT2D eigenvalue weighted by molar-refractivity contribution is 6.02. The van der Waals surface area contributed by atoms with Gasteiger partial charge in [0.25, 0.3) is 5.69 Å². The Morgan fingerprint density at radius 1 is 1.09 bits per heavy atom. The molecule has 7 nitrogen and oxygen atoms in total. The Labute approximate surface area is 189 Å². The second-order valence-corrected chi connectivity index (χ2v) is 10.3. The van der Waals surface area contributed by atoms with Gasteiger partial charge in [0.05, 0.1) is 17.2 Å². The Morgan fingerprint density at radius 2 is 1.66 bits per heavy atom. The van der Waals surface area contributed by atoms with E-state index in [1.807, 2.05) is 12.1 Å². The predicted molar refractivity (Wildman–Crippen MR) is 125 cm³/mol. The fourth-order valence-electron chi connectivity index (χ4n) is 3.67. The lowest BCUT2D eigenvalue weighted by atomic mass is 9.78. The van der Waals surface area contributed by atoms with Crippen molar-refractivity contribution < 1.29 is 19.6 Å². The molecule has 1 heterocycles. The summed E-state index contributed by atoms with van der Waals surface area (Å²) in [7, 11) is 0.